The van der Waals surface area contributed by atoms with Crippen molar-refractivity contribution in [2.75, 3.05) is 33.2 Å². The van der Waals surface area contributed by atoms with Gasteiger partial charge < -0.3 is 10.2 Å². The number of rotatable bonds is 4. The summed E-state index contributed by atoms with van der Waals surface area (Å²) >= 11 is 0. The highest BCUT2D eigenvalue weighted by Gasteiger charge is 2.28. The van der Waals surface area contributed by atoms with Gasteiger partial charge in [-0.05, 0) is 44.0 Å². The number of piperazine rings is 1. The molecule has 1 N–H and O–H groups in total. The predicted molar refractivity (Wildman–Crippen MR) is 97.0 cm³/mol. The molecule has 1 fully saturated rings. The standard InChI is InChI=1S/C16H25N3O3S.ClH/c1-12-5-6-15(9-13(12)2)23(21,22)18(4)11-16(20)19-8-7-17-10-14(19)3;/h5-6,9,14,17H,7-8,10-11H2,1-4H3;1H/t14-;/m0./s1. The third-order valence-corrected chi connectivity index (χ3v) is 6.17. The van der Waals surface area contributed by atoms with E-state index in [-0.39, 0.29) is 35.8 Å². The lowest BCUT2D eigenvalue weighted by molar-refractivity contribution is -0.133. The Morgan fingerprint density at radius 1 is 1.33 bits per heavy atom. The molecular formula is C16H26ClN3O3S. The summed E-state index contributed by atoms with van der Waals surface area (Å²) in [7, 11) is -2.21. The molecule has 1 aromatic rings. The smallest absolute Gasteiger partial charge is 0.243 e. The average molecular weight is 376 g/mol. The number of likely N-dealkylation sites (N-methyl/N-ethyl adjacent to an activating group) is 1. The van der Waals surface area contributed by atoms with E-state index in [9.17, 15) is 13.2 Å². The molecule has 136 valence electrons. The fourth-order valence-electron chi connectivity index (χ4n) is 2.63. The van der Waals surface area contributed by atoms with Gasteiger partial charge in [0.05, 0.1) is 11.4 Å². The Morgan fingerprint density at radius 2 is 2.00 bits per heavy atom. The number of hydrogen-bond acceptors (Lipinski definition) is 4. The van der Waals surface area contributed by atoms with Crippen molar-refractivity contribution in [2.45, 2.75) is 31.7 Å². The van der Waals surface area contributed by atoms with Crippen LogP contribution in [0, 0.1) is 13.8 Å². The molecule has 0 aromatic heterocycles. The fraction of sp³-hybridized carbons (Fsp3) is 0.562. The van der Waals surface area contributed by atoms with Crippen molar-refractivity contribution < 1.29 is 13.2 Å². The third kappa shape index (κ3) is 4.47. The van der Waals surface area contributed by atoms with Crippen molar-refractivity contribution in [1.82, 2.24) is 14.5 Å². The molecular weight excluding hydrogens is 350 g/mol. The summed E-state index contributed by atoms with van der Waals surface area (Å²) in [6, 6.07) is 5.11. The monoisotopic (exact) mass is 375 g/mol. The van der Waals surface area contributed by atoms with E-state index in [2.05, 4.69) is 5.32 Å². The summed E-state index contributed by atoms with van der Waals surface area (Å²) in [5.41, 5.74) is 1.96. The van der Waals surface area contributed by atoms with Crippen LogP contribution >= 0.6 is 12.4 Å². The second kappa shape index (κ2) is 8.29. The second-order valence-corrected chi connectivity index (χ2v) is 8.19. The molecule has 24 heavy (non-hydrogen) atoms. The lowest BCUT2D eigenvalue weighted by atomic mass is 10.1. The number of halogens is 1. The molecule has 1 aliphatic heterocycles. The largest absolute Gasteiger partial charge is 0.336 e. The Labute approximate surface area is 150 Å². The molecule has 0 spiro atoms. The highest BCUT2D eigenvalue weighted by molar-refractivity contribution is 7.89. The maximum Gasteiger partial charge on any atom is 0.243 e. The van der Waals surface area contributed by atoms with Crippen molar-refractivity contribution in [2.24, 2.45) is 0 Å². The number of benzene rings is 1. The van der Waals surface area contributed by atoms with E-state index in [1.54, 1.807) is 23.1 Å². The molecule has 0 saturated carbocycles. The summed E-state index contributed by atoms with van der Waals surface area (Å²) in [6.45, 7) is 7.72. The molecule has 2 rings (SSSR count). The number of carbonyl (C=O) groups excluding carboxylic acids is 1. The number of amides is 1. The second-order valence-electron chi connectivity index (χ2n) is 6.15. The summed E-state index contributed by atoms with van der Waals surface area (Å²) in [4.78, 5) is 14.4. The zero-order valence-corrected chi connectivity index (χ0v) is 16.2. The number of nitrogens with zero attached hydrogens (tertiary/aromatic N) is 2. The molecule has 1 aliphatic rings. The van der Waals surface area contributed by atoms with Crippen molar-refractivity contribution in [3.05, 3.63) is 29.3 Å². The Kier molecular flexibility index (Phi) is 7.22. The predicted octanol–water partition coefficient (Wildman–Crippen LogP) is 1.17. The maximum atomic E-state index is 12.6. The topological polar surface area (TPSA) is 69.7 Å². The Balaban J connectivity index is 0.00000288. The minimum Gasteiger partial charge on any atom is -0.336 e. The fourth-order valence-corrected chi connectivity index (χ4v) is 3.84. The van der Waals surface area contributed by atoms with Gasteiger partial charge in [-0.3, -0.25) is 4.79 Å². The van der Waals surface area contributed by atoms with Gasteiger partial charge in [0, 0.05) is 32.7 Å². The molecule has 0 aliphatic carbocycles. The van der Waals surface area contributed by atoms with Crippen molar-refractivity contribution in [3.8, 4) is 0 Å². The van der Waals surface area contributed by atoms with Gasteiger partial charge in [0.1, 0.15) is 0 Å². The van der Waals surface area contributed by atoms with Gasteiger partial charge in [0.2, 0.25) is 15.9 Å². The lowest BCUT2D eigenvalue weighted by Crippen LogP contribution is -2.54. The first kappa shape index (κ1) is 20.9. The van der Waals surface area contributed by atoms with E-state index in [4.69, 9.17) is 0 Å². The van der Waals surface area contributed by atoms with Crippen LogP contribution in [0.25, 0.3) is 0 Å². The molecule has 1 saturated heterocycles. The number of nitrogens with one attached hydrogen (secondary N) is 1. The van der Waals surface area contributed by atoms with E-state index >= 15 is 0 Å². The maximum absolute atomic E-state index is 12.6. The molecule has 6 nitrogen and oxygen atoms in total. The average Bonchev–Trinajstić information content (AvgIpc) is 2.50. The summed E-state index contributed by atoms with van der Waals surface area (Å²) < 4.78 is 26.4. The first-order valence-corrected chi connectivity index (χ1v) is 9.21. The van der Waals surface area contributed by atoms with E-state index < -0.39 is 10.0 Å². The highest BCUT2D eigenvalue weighted by atomic mass is 35.5. The number of hydrogen-bond donors (Lipinski definition) is 1. The van der Waals surface area contributed by atoms with E-state index in [0.29, 0.717) is 6.54 Å². The first-order chi connectivity index (χ1) is 10.7. The van der Waals surface area contributed by atoms with Gasteiger partial charge in [-0.2, -0.15) is 4.31 Å². The van der Waals surface area contributed by atoms with Crippen LogP contribution in [0.4, 0.5) is 0 Å². The quantitative estimate of drug-likeness (QED) is 0.857. The van der Waals surface area contributed by atoms with Crippen LogP contribution in [-0.4, -0.2) is 62.8 Å². The first-order valence-electron chi connectivity index (χ1n) is 7.77. The Hall–Kier alpha value is -1.15. The van der Waals surface area contributed by atoms with Crippen molar-refractivity contribution in [3.63, 3.8) is 0 Å². The van der Waals surface area contributed by atoms with Gasteiger partial charge in [-0.1, -0.05) is 6.07 Å². The zero-order valence-electron chi connectivity index (χ0n) is 14.6. The van der Waals surface area contributed by atoms with Gasteiger partial charge in [-0.25, -0.2) is 8.42 Å². The number of carbonyl (C=O) groups is 1. The van der Waals surface area contributed by atoms with Crippen LogP contribution in [0.2, 0.25) is 0 Å². The van der Waals surface area contributed by atoms with E-state index in [1.807, 2.05) is 20.8 Å². The summed E-state index contributed by atoms with van der Waals surface area (Å²) in [5, 5.41) is 3.21. The van der Waals surface area contributed by atoms with Crippen LogP contribution in [0.1, 0.15) is 18.1 Å². The number of aryl methyl sites for hydroxylation is 2. The van der Waals surface area contributed by atoms with Gasteiger partial charge >= 0.3 is 0 Å². The molecule has 8 heteroatoms. The molecule has 1 amide bonds. The van der Waals surface area contributed by atoms with E-state index in [0.717, 1.165) is 28.5 Å². The lowest BCUT2D eigenvalue weighted by Gasteiger charge is -2.34. The SMILES string of the molecule is Cc1ccc(S(=O)(=O)N(C)CC(=O)N2CCNC[C@@H]2C)cc1C.Cl. The normalized spacial score (nSPS) is 18.4. The molecule has 1 aromatic carbocycles. The van der Waals surface area contributed by atoms with Crippen molar-refractivity contribution >= 4 is 28.3 Å². The van der Waals surface area contributed by atoms with Gasteiger partial charge in [-0.15, -0.1) is 12.4 Å². The molecule has 1 heterocycles. The molecule has 0 radical (unpaired) electrons. The van der Waals surface area contributed by atoms with Crippen molar-refractivity contribution in [1.29, 1.82) is 0 Å². The highest BCUT2D eigenvalue weighted by Crippen LogP contribution is 2.18. The Morgan fingerprint density at radius 3 is 2.58 bits per heavy atom. The van der Waals surface area contributed by atoms with Crippen LogP contribution in [-0.2, 0) is 14.8 Å². The minimum absolute atomic E-state index is 0. The van der Waals surface area contributed by atoms with Gasteiger partial charge in [0.25, 0.3) is 0 Å². The van der Waals surface area contributed by atoms with Crippen LogP contribution in [0.3, 0.4) is 0 Å². The zero-order chi connectivity index (χ0) is 17.2. The summed E-state index contributed by atoms with van der Waals surface area (Å²) in [5.74, 6) is -0.158. The minimum atomic E-state index is -3.66. The van der Waals surface area contributed by atoms with Crippen LogP contribution < -0.4 is 5.32 Å². The third-order valence-electron chi connectivity index (χ3n) is 4.37. The number of sulfonamides is 1. The van der Waals surface area contributed by atoms with Crippen LogP contribution in [0.5, 0.6) is 0 Å². The Bertz CT molecular complexity index is 694. The van der Waals surface area contributed by atoms with Crippen LogP contribution in [0.15, 0.2) is 23.1 Å². The molecule has 0 unspecified atom stereocenters. The molecule has 1 atom stereocenters. The van der Waals surface area contributed by atoms with E-state index in [1.165, 1.54) is 7.05 Å². The van der Waals surface area contributed by atoms with Gasteiger partial charge in [0.15, 0.2) is 0 Å². The molecule has 0 bridgehead atoms. The summed E-state index contributed by atoms with van der Waals surface area (Å²) in [6.07, 6.45) is 0.